The number of carbonyl (C=O) groups is 1. The summed E-state index contributed by atoms with van der Waals surface area (Å²) in [4.78, 5) is 14.0. The van der Waals surface area contributed by atoms with Crippen LogP contribution < -0.4 is 9.47 Å². The van der Waals surface area contributed by atoms with E-state index < -0.39 is 0 Å². The molecule has 0 aromatic heterocycles. The Kier molecular flexibility index (Phi) is 5.66. The molecule has 0 unspecified atom stereocenters. The molecule has 2 rings (SSSR count). The molecule has 0 N–H and O–H groups in total. The van der Waals surface area contributed by atoms with E-state index >= 15 is 0 Å². The predicted octanol–water partition coefficient (Wildman–Crippen LogP) is 2.24. The largest absolute Gasteiger partial charge is 0.493 e. The van der Waals surface area contributed by atoms with Gasteiger partial charge in [0.05, 0.1) is 7.11 Å². The van der Waals surface area contributed by atoms with Crippen LogP contribution in [0.25, 0.3) is 6.08 Å². The lowest BCUT2D eigenvalue weighted by atomic mass is 10.1. The summed E-state index contributed by atoms with van der Waals surface area (Å²) in [7, 11) is 1.52. The van der Waals surface area contributed by atoms with E-state index in [0.29, 0.717) is 30.2 Å². The molecule has 1 amide bonds. The summed E-state index contributed by atoms with van der Waals surface area (Å²) in [6.45, 7) is 1.56. The molecule has 1 aromatic rings. The van der Waals surface area contributed by atoms with Crippen LogP contribution in [0.15, 0.2) is 23.8 Å². The Labute approximate surface area is 136 Å². The third-order valence-electron chi connectivity index (χ3n) is 3.55. The molecule has 1 aliphatic heterocycles. The van der Waals surface area contributed by atoms with Gasteiger partial charge in [-0.1, -0.05) is 12.0 Å². The zero-order valence-corrected chi connectivity index (χ0v) is 13.0. The monoisotopic (exact) mass is 310 g/mol. The number of amides is 1. The number of benzene rings is 1. The summed E-state index contributed by atoms with van der Waals surface area (Å²) in [6.07, 6.45) is 8.71. The zero-order chi connectivity index (χ0) is 16.7. The first kappa shape index (κ1) is 16.5. The van der Waals surface area contributed by atoms with Crippen LogP contribution in [0.3, 0.4) is 0 Å². The molecule has 0 bridgehead atoms. The quantitative estimate of drug-likeness (QED) is 0.475. The van der Waals surface area contributed by atoms with Gasteiger partial charge in [-0.25, -0.2) is 0 Å². The summed E-state index contributed by atoms with van der Waals surface area (Å²) in [5.41, 5.74) is 0.810. The van der Waals surface area contributed by atoms with Crippen LogP contribution in [0.2, 0.25) is 0 Å². The van der Waals surface area contributed by atoms with Crippen molar-refractivity contribution in [3.8, 4) is 29.9 Å². The van der Waals surface area contributed by atoms with Crippen molar-refractivity contribution in [1.29, 1.82) is 5.26 Å². The van der Waals surface area contributed by atoms with Gasteiger partial charge in [-0.2, -0.15) is 5.26 Å². The van der Waals surface area contributed by atoms with E-state index in [1.165, 1.54) is 7.11 Å². The number of hydrogen-bond donors (Lipinski definition) is 0. The maximum atomic E-state index is 12.3. The average molecular weight is 310 g/mol. The lowest BCUT2D eigenvalue weighted by Crippen LogP contribution is -2.28. The van der Waals surface area contributed by atoms with E-state index in [9.17, 15) is 10.1 Å². The van der Waals surface area contributed by atoms with Crippen molar-refractivity contribution in [3.05, 3.63) is 29.3 Å². The molecule has 0 aliphatic carbocycles. The number of nitrogens with zero attached hydrogens (tertiary/aromatic N) is 2. The first-order valence-corrected chi connectivity index (χ1v) is 7.35. The number of ether oxygens (including phenoxy) is 2. The number of terminal acetylenes is 1. The molecule has 5 nitrogen and oxygen atoms in total. The Balaban J connectivity index is 2.24. The SMILES string of the molecule is C#CCOc1ccc(/C=C(\C#N)C(=O)N2CCCC2)cc1OC. The van der Waals surface area contributed by atoms with E-state index in [1.807, 2.05) is 6.07 Å². The second kappa shape index (κ2) is 7.91. The summed E-state index contributed by atoms with van der Waals surface area (Å²) in [6, 6.07) is 7.15. The van der Waals surface area contributed by atoms with E-state index in [4.69, 9.17) is 15.9 Å². The fourth-order valence-corrected chi connectivity index (χ4v) is 2.41. The minimum atomic E-state index is -0.225. The normalized spacial score (nSPS) is 14.0. The van der Waals surface area contributed by atoms with E-state index in [1.54, 1.807) is 29.2 Å². The smallest absolute Gasteiger partial charge is 0.264 e. The molecular formula is C18H18N2O3. The average Bonchev–Trinajstić information content (AvgIpc) is 3.12. The Hall–Kier alpha value is -2.92. The standard InChI is InChI=1S/C18H18N2O3/c1-3-10-23-16-7-6-14(12-17(16)22-2)11-15(13-19)18(21)20-8-4-5-9-20/h1,6-7,11-12H,4-5,8-10H2,2H3/b15-11+. The Morgan fingerprint density at radius 3 is 2.74 bits per heavy atom. The van der Waals surface area contributed by atoms with E-state index in [-0.39, 0.29) is 18.1 Å². The van der Waals surface area contributed by atoms with Crippen LogP contribution in [0, 0.1) is 23.7 Å². The third-order valence-corrected chi connectivity index (χ3v) is 3.55. The highest BCUT2D eigenvalue weighted by molar-refractivity contribution is 6.01. The van der Waals surface area contributed by atoms with Gasteiger partial charge in [-0.3, -0.25) is 4.79 Å². The summed E-state index contributed by atoms with van der Waals surface area (Å²) in [5.74, 6) is 3.18. The number of rotatable bonds is 5. The topological polar surface area (TPSA) is 62.6 Å². The van der Waals surface area contributed by atoms with Crippen molar-refractivity contribution in [2.75, 3.05) is 26.8 Å². The molecular weight excluding hydrogens is 292 g/mol. The molecule has 1 heterocycles. The molecule has 1 aromatic carbocycles. The second-order valence-corrected chi connectivity index (χ2v) is 5.07. The molecule has 118 valence electrons. The van der Waals surface area contributed by atoms with Crippen LogP contribution in [0.4, 0.5) is 0 Å². The molecule has 0 saturated carbocycles. The van der Waals surface area contributed by atoms with Gasteiger partial charge in [0, 0.05) is 13.1 Å². The van der Waals surface area contributed by atoms with Gasteiger partial charge in [-0.15, -0.1) is 6.42 Å². The summed E-state index contributed by atoms with van der Waals surface area (Å²) >= 11 is 0. The Morgan fingerprint density at radius 2 is 2.13 bits per heavy atom. The molecule has 0 radical (unpaired) electrons. The molecule has 5 heteroatoms. The minimum Gasteiger partial charge on any atom is -0.493 e. The molecule has 1 aliphatic rings. The van der Waals surface area contributed by atoms with Gasteiger partial charge in [-0.05, 0) is 36.6 Å². The van der Waals surface area contributed by atoms with Crippen LogP contribution in [0.5, 0.6) is 11.5 Å². The van der Waals surface area contributed by atoms with Gasteiger partial charge in [0.15, 0.2) is 11.5 Å². The number of carbonyl (C=O) groups excluding carboxylic acids is 1. The summed E-state index contributed by atoms with van der Waals surface area (Å²) in [5, 5.41) is 9.27. The Morgan fingerprint density at radius 1 is 1.39 bits per heavy atom. The minimum absolute atomic E-state index is 0.117. The van der Waals surface area contributed by atoms with Gasteiger partial charge in [0.2, 0.25) is 0 Å². The van der Waals surface area contributed by atoms with Crippen LogP contribution in [0.1, 0.15) is 18.4 Å². The lowest BCUT2D eigenvalue weighted by molar-refractivity contribution is -0.125. The maximum Gasteiger partial charge on any atom is 0.264 e. The highest BCUT2D eigenvalue weighted by Crippen LogP contribution is 2.29. The second-order valence-electron chi connectivity index (χ2n) is 5.07. The summed E-state index contributed by atoms with van der Waals surface area (Å²) < 4.78 is 10.6. The number of methoxy groups -OCH3 is 1. The van der Waals surface area contributed by atoms with Crippen LogP contribution >= 0.6 is 0 Å². The van der Waals surface area contributed by atoms with Crippen molar-refractivity contribution in [2.24, 2.45) is 0 Å². The fourth-order valence-electron chi connectivity index (χ4n) is 2.41. The Bertz CT molecular complexity index is 689. The molecule has 1 saturated heterocycles. The van der Waals surface area contributed by atoms with Crippen molar-refractivity contribution < 1.29 is 14.3 Å². The van der Waals surface area contributed by atoms with Crippen LogP contribution in [-0.2, 0) is 4.79 Å². The first-order valence-electron chi connectivity index (χ1n) is 7.35. The van der Waals surface area contributed by atoms with Gasteiger partial charge in [0.25, 0.3) is 5.91 Å². The van der Waals surface area contributed by atoms with Crippen LogP contribution in [-0.4, -0.2) is 37.6 Å². The van der Waals surface area contributed by atoms with Gasteiger partial charge < -0.3 is 14.4 Å². The number of likely N-dealkylation sites (tertiary alicyclic amines) is 1. The zero-order valence-electron chi connectivity index (χ0n) is 13.0. The fraction of sp³-hybridized carbons (Fsp3) is 0.333. The highest BCUT2D eigenvalue weighted by atomic mass is 16.5. The van der Waals surface area contributed by atoms with Crippen molar-refractivity contribution in [1.82, 2.24) is 4.90 Å². The van der Waals surface area contributed by atoms with E-state index in [2.05, 4.69) is 5.92 Å². The van der Waals surface area contributed by atoms with Crippen molar-refractivity contribution >= 4 is 12.0 Å². The highest BCUT2D eigenvalue weighted by Gasteiger charge is 2.21. The van der Waals surface area contributed by atoms with Crippen molar-refractivity contribution in [3.63, 3.8) is 0 Å². The van der Waals surface area contributed by atoms with Crippen molar-refractivity contribution in [2.45, 2.75) is 12.8 Å². The molecule has 1 fully saturated rings. The number of nitriles is 1. The van der Waals surface area contributed by atoms with Gasteiger partial charge >= 0.3 is 0 Å². The lowest BCUT2D eigenvalue weighted by Gasteiger charge is -2.14. The molecule has 0 atom stereocenters. The maximum absolute atomic E-state index is 12.3. The van der Waals surface area contributed by atoms with E-state index in [0.717, 1.165) is 12.8 Å². The third kappa shape index (κ3) is 4.05. The molecule has 23 heavy (non-hydrogen) atoms. The number of hydrogen-bond acceptors (Lipinski definition) is 4. The first-order chi connectivity index (χ1) is 11.2. The predicted molar refractivity (Wildman–Crippen MR) is 86.7 cm³/mol. The molecule has 0 spiro atoms. The van der Waals surface area contributed by atoms with Gasteiger partial charge in [0.1, 0.15) is 18.2 Å².